The quantitative estimate of drug-likeness (QED) is 0.194. The van der Waals surface area contributed by atoms with Gasteiger partial charge in [-0.3, -0.25) is 0 Å². The van der Waals surface area contributed by atoms with Crippen molar-refractivity contribution in [1.82, 2.24) is 13.7 Å². The minimum Gasteiger partial charge on any atom is -0.337 e. The smallest absolute Gasteiger partial charge is 0.0597 e. The molecular formula is C43H33N3. The van der Waals surface area contributed by atoms with Gasteiger partial charge in [0, 0.05) is 61.7 Å². The summed E-state index contributed by atoms with van der Waals surface area (Å²) < 4.78 is 7.70. The highest BCUT2D eigenvalue weighted by molar-refractivity contribution is 6.10. The molecule has 3 aliphatic rings. The van der Waals surface area contributed by atoms with Crippen molar-refractivity contribution in [3.05, 3.63) is 150 Å². The molecule has 0 saturated carbocycles. The molecule has 3 nitrogen and oxygen atoms in total. The number of fused-ring (bicyclic) bond motifs is 9. The number of nitrogens with zero attached hydrogens (tertiary/aromatic N) is 3. The second-order valence-corrected chi connectivity index (χ2v) is 12.7. The summed E-state index contributed by atoms with van der Waals surface area (Å²) in [5, 5.41) is 5.25. The lowest BCUT2D eigenvalue weighted by molar-refractivity contribution is 0.597. The molecule has 3 aromatic heterocycles. The molecule has 0 bridgehead atoms. The van der Waals surface area contributed by atoms with E-state index in [0.717, 1.165) is 25.7 Å². The predicted molar refractivity (Wildman–Crippen MR) is 196 cm³/mol. The Kier molecular flexibility index (Phi) is 5.59. The zero-order valence-corrected chi connectivity index (χ0v) is 25.6. The molecule has 1 atom stereocenters. The predicted octanol–water partition coefficient (Wildman–Crippen LogP) is 11.1. The van der Waals surface area contributed by atoms with E-state index in [1.54, 1.807) is 0 Å². The molecule has 4 aromatic carbocycles. The van der Waals surface area contributed by atoms with Gasteiger partial charge in [-0.25, -0.2) is 0 Å². The van der Waals surface area contributed by atoms with Gasteiger partial charge in [0.2, 0.25) is 0 Å². The van der Waals surface area contributed by atoms with Crippen LogP contribution in [0, 0.1) is 0 Å². The van der Waals surface area contributed by atoms with E-state index in [2.05, 4.69) is 159 Å². The molecule has 0 radical (unpaired) electrons. The number of hydrogen-bond acceptors (Lipinski definition) is 0. The van der Waals surface area contributed by atoms with Crippen LogP contribution in [-0.4, -0.2) is 13.7 Å². The second kappa shape index (κ2) is 9.98. The topological polar surface area (TPSA) is 14.8 Å². The number of hydrogen-bond donors (Lipinski definition) is 0. The lowest BCUT2D eigenvalue weighted by Crippen LogP contribution is -2.18. The normalized spacial score (nSPS) is 17.4. The van der Waals surface area contributed by atoms with Gasteiger partial charge in [0.1, 0.15) is 0 Å². The van der Waals surface area contributed by atoms with Gasteiger partial charge < -0.3 is 13.7 Å². The van der Waals surface area contributed by atoms with Crippen LogP contribution in [0.3, 0.4) is 0 Å². The fraction of sp³-hybridized carbons (Fsp3) is 0.116. The standard InChI is InChI=1S/C43H33N3/c1-2-14-32-33-15-4-9-21-39(33)44(38(32)20-3-1)29-26-30(45-40-22-10-5-16-34(40)35-17-6-11-23-41(35)45)28-31(27-29)46-42-24-12-7-18-36(42)37-19-8-13-25-43(37)46/h2-12,14-24,26-27,31H,1,13,25,28H2. The molecule has 220 valence electrons. The summed E-state index contributed by atoms with van der Waals surface area (Å²) in [7, 11) is 0. The van der Waals surface area contributed by atoms with Crippen molar-refractivity contribution in [1.29, 1.82) is 0 Å². The summed E-state index contributed by atoms with van der Waals surface area (Å²) in [4.78, 5) is 0. The highest BCUT2D eigenvalue weighted by Gasteiger charge is 2.28. The fourth-order valence-electron chi connectivity index (χ4n) is 8.37. The highest BCUT2D eigenvalue weighted by atomic mass is 15.1. The van der Waals surface area contributed by atoms with Crippen molar-refractivity contribution in [2.45, 2.75) is 31.7 Å². The summed E-state index contributed by atoms with van der Waals surface area (Å²) in [6.45, 7) is 0. The third kappa shape index (κ3) is 3.66. The number of benzene rings is 4. The zero-order valence-electron chi connectivity index (χ0n) is 25.6. The van der Waals surface area contributed by atoms with Crippen molar-refractivity contribution in [2.24, 2.45) is 0 Å². The molecule has 7 aromatic rings. The summed E-state index contributed by atoms with van der Waals surface area (Å²) in [5.74, 6) is 0. The zero-order chi connectivity index (χ0) is 30.2. The molecule has 0 saturated heterocycles. The van der Waals surface area contributed by atoms with E-state index in [4.69, 9.17) is 0 Å². The molecule has 0 aliphatic heterocycles. The Hall–Kier alpha value is -5.54. The maximum absolute atomic E-state index is 2.66. The number of allylic oxidation sites excluding steroid dienone is 7. The molecule has 0 spiro atoms. The van der Waals surface area contributed by atoms with Crippen molar-refractivity contribution < 1.29 is 0 Å². The van der Waals surface area contributed by atoms with E-state index in [9.17, 15) is 0 Å². The maximum atomic E-state index is 2.66. The lowest BCUT2D eigenvalue weighted by atomic mass is 9.99. The minimum absolute atomic E-state index is 0.150. The van der Waals surface area contributed by atoms with Crippen molar-refractivity contribution in [3.63, 3.8) is 0 Å². The Labute approximate surface area is 268 Å². The van der Waals surface area contributed by atoms with Crippen LogP contribution in [0.5, 0.6) is 0 Å². The molecule has 1 unspecified atom stereocenters. The first-order valence-electron chi connectivity index (χ1n) is 16.5. The van der Waals surface area contributed by atoms with Crippen LogP contribution in [0.1, 0.15) is 47.8 Å². The SMILES string of the molecule is C1=Cc2c(n(C3=CC(n4c5c(c6ccccc64)C=CCC5)CC(n4c5ccccc5c5ccccc54)=C3)c3ccccc23)C=CC1. The Morgan fingerprint density at radius 3 is 1.87 bits per heavy atom. The molecule has 10 rings (SSSR count). The van der Waals surface area contributed by atoms with E-state index in [1.165, 1.54) is 77.5 Å². The summed E-state index contributed by atoms with van der Waals surface area (Å²) in [6.07, 6.45) is 22.9. The lowest BCUT2D eigenvalue weighted by Gasteiger charge is -2.29. The third-order valence-corrected chi connectivity index (χ3v) is 10.2. The Morgan fingerprint density at radius 2 is 1.13 bits per heavy atom. The molecule has 46 heavy (non-hydrogen) atoms. The maximum Gasteiger partial charge on any atom is 0.0597 e. The van der Waals surface area contributed by atoms with E-state index in [-0.39, 0.29) is 6.04 Å². The molecular weight excluding hydrogens is 558 g/mol. The van der Waals surface area contributed by atoms with Crippen LogP contribution < -0.4 is 0 Å². The molecule has 0 amide bonds. The largest absolute Gasteiger partial charge is 0.337 e. The van der Waals surface area contributed by atoms with Gasteiger partial charge in [-0.1, -0.05) is 103 Å². The fourth-order valence-corrected chi connectivity index (χ4v) is 8.37. The van der Waals surface area contributed by atoms with Crippen molar-refractivity contribution >= 4 is 73.2 Å². The highest BCUT2D eigenvalue weighted by Crippen LogP contribution is 2.44. The number of para-hydroxylation sites is 4. The molecule has 0 fully saturated rings. The van der Waals surface area contributed by atoms with Gasteiger partial charge in [0.25, 0.3) is 0 Å². The average molecular weight is 592 g/mol. The molecule has 3 heterocycles. The Morgan fingerprint density at radius 1 is 0.543 bits per heavy atom. The van der Waals surface area contributed by atoms with E-state index >= 15 is 0 Å². The van der Waals surface area contributed by atoms with Gasteiger partial charge in [-0.15, -0.1) is 0 Å². The van der Waals surface area contributed by atoms with Crippen LogP contribution >= 0.6 is 0 Å². The van der Waals surface area contributed by atoms with Crippen LogP contribution in [0.25, 0.3) is 73.2 Å². The number of aromatic nitrogens is 3. The average Bonchev–Trinajstić information content (AvgIpc) is 3.66. The number of rotatable bonds is 3. The first-order valence-corrected chi connectivity index (χ1v) is 16.5. The monoisotopic (exact) mass is 591 g/mol. The Balaban J connectivity index is 1.29. The summed E-state index contributed by atoms with van der Waals surface area (Å²) in [6, 6.07) is 35.8. The van der Waals surface area contributed by atoms with E-state index in [1.807, 2.05) is 0 Å². The van der Waals surface area contributed by atoms with Crippen LogP contribution in [0.2, 0.25) is 0 Å². The van der Waals surface area contributed by atoms with Gasteiger partial charge in [-0.05, 0) is 61.8 Å². The van der Waals surface area contributed by atoms with Crippen LogP contribution in [0.4, 0.5) is 0 Å². The second-order valence-electron chi connectivity index (χ2n) is 12.7. The van der Waals surface area contributed by atoms with Gasteiger partial charge in [0.05, 0.1) is 28.3 Å². The van der Waals surface area contributed by atoms with Crippen molar-refractivity contribution in [2.75, 3.05) is 0 Å². The summed E-state index contributed by atoms with van der Waals surface area (Å²) >= 11 is 0. The molecule has 0 N–H and O–H groups in total. The van der Waals surface area contributed by atoms with Crippen LogP contribution in [-0.2, 0) is 6.42 Å². The van der Waals surface area contributed by atoms with Gasteiger partial charge in [0.15, 0.2) is 0 Å². The minimum atomic E-state index is 0.150. The first-order chi connectivity index (χ1) is 22.8. The summed E-state index contributed by atoms with van der Waals surface area (Å²) in [5.41, 5.74) is 13.0. The van der Waals surface area contributed by atoms with Gasteiger partial charge in [-0.2, -0.15) is 0 Å². The van der Waals surface area contributed by atoms with E-state index in [0.29, 0.717) is 0 Å². The Bertz CT molecular complexity index is 2480. The van der Waals surface area contributed by atoms with E-state index < -0.39 is 0 Å². The molecule has 3 aliphatic carbocycles. The van der Waals surface area contributed by atoms with Gasteiger partial charge >= 0.3 is 0 Å². The molecule has 3 heteroatoms. The van der Waals surface area contributed by atoms with Crippen LogP contribution in [0.15, 0.2) is 127 Å². The third-order valence-electron chi connectivity index (χ3n) is 10.2. The first kappa shape index (κ1) is 25.8. The van der Waals surface area contributed by atoms with Crippen molar-refractivity contribution in [3.8, 4) is 0 Å².